The van der Waals surface area contributed by atoms with Gasteiger partial charge in [-0.3, -0.25) is 14.4 Å². The number of anilines is 1. The molecule has 24 heavy (non-hydrogen) atoms. The van der Waals surface area contributed by atoms with E-state index in [0.717, 1.165) is 5.69 Å². The van der Waals surface area contributed by atoms with E-state index in [1.165, 1.54) is 6.07 Å². The van der Waals surface area contributed by atoms with Gasteiger partial charge in [-0.2, -0.15) is 5.10 Å². The van der Waals surface area contributed by atoms with Crippen LogP contribution in [0, 0.1) is 0 Å². The summed E-state index contributed by atoms with van der Waals surface area (Å²) in [5, 5.41) is 4.23. The van der Waals surface area contributed by atoms with Crippen LogP contribution in [0.4, 0.5) is 5.82 Å². The summed E-state index contributed by atoms with van der Waals surface area (Å²) in [6.07, 6.45) is 3.40. The van der Waals surface area contributed by atoms with Gasteiger partial charge in [-0.05, 0) is 46.3 Å². The topological polar surface area (TPSA) is 76.9 Å². The van der Waals surface area contributed by atoms with Crippen LogP contribution in [-0.4, -0.2) is 23.2 Å². The number of sulfonamides is 1. The summed E-state index contributed by atoms with van der Waals surface area (Å²) in [6, 6.07) is 12.2. The van der Waals surface area contributed by atoms with E-state index in [-0.39, 0.29) is 10.7 Å². The van der Waals surface area contributed by atoms with Crippen molar-refractivity contribution in [2.24, 2.45) is 0 Å². The van der Waals surface area contributed by atoms with Crippen molar-refractivity contribution in [1.82, 2.24) is 14.8 Å². The molecule has 3 aromatic rings. The molecule has 0 aliphatic heterocycles. The largest absolute Gasteiger partial charge is 0.265 e. The first-order valence-electron chi connectivity index (χ1n) is 6.85. The predicted octanol–water partition coefficient (Wildman–Crippen LogP) is 3.65. The maximum atomic E-state index is 12.5. The fourth-order valence-corrected chi connectivity index (χ4v) is 4.54. The van der Waals surface area contributed by atoms with Gasteiger partial charge in [0, 0.05) is 27.4 Å². The molecule has 0 atom stereocenters. The molecule has 0 aliphatic carbocycles. The number of rotatable bonds is 5. The van der Waals surface area contributed by atoms with Gasteiger partial charge in [-0.15, -0.1) is 0 Å². The van der Waals surface area contributed by atoms with Crippen LogP contribution in [0.3, 0.4) is 0 Å². The Labute approximate surface area is 156 Å². The SMILES string of the molecule is O=S(=O)(Nc1ccn(Cc2ccccn2)n1)c1cc(Br)ccc1Br. The normalized spacial score (nSPS) is 11.4. The molecule has 0 saturated heterocycles. The summed E-state index contributed by atoms with van der Waals surface area (Å²) in [5.41, 5.74) is 0.838. The lowest BCUT2D eigenvalue weighted by atomic mass is 10.3. The van der Waals surface area contributed by atoms with Gasteiger partial charge < -0.3 is 0 Å². The van der Waals surface area contributed by atoms with E-state index >= 15 is 0 Å². The van der Waals surface area contributed by atoms with Crippen LogP contribution in [0.2, 0.25) is 0 Å². The highest BCUT2D eigenvalue weighted by Gasteiger charge is 2.19. The molecule has 1 aromatic carbocycles. The molecule has 124 valence electrons. The number of hydrogen-bond acceptors (Lipinski definition) is 4. The Hall–Kier alpha value is -1.71. The monoisotopic (exact) mass is 470 g/mol. The van der Waals surface area contributed by atoms with Crippen molar-refractivity contribution in [2.75, 3.05) is 4.72 Å². The highest BCUT2D eigenvalue weighted by molar-refractivity contribution is 9.11. The number of halogens is 2. The second-order valence-corrected chi connectivity index (χ2v) is 8.32. The molecule has 0 amide bonds. The van der Waals surface area contributed by atoms with Crippen LogP contribution in [0.15, 0.2) is 68.7 Å². The zero-order valence-corrected chi connectivity index (χ0v) is 16.2. The molecule has 0 unspecified atom stereocenters. The molecule has 0 radical (unpaired) electrons. The number of aromatic nitrogens is 3. The summed E-state index contributed by atoms with van der Waals surface area (Å²) >= 11 is 6.53. The van der Waals surface area contributed by atoms with Gasteiger partial charge in [-0.1, -0.05) is 22.0 Å². The molecule has 0 saturated carbocycles. The van der Waals surface area contributed by atoms with E-state index < -0.39 is 10.0 Å². The van der Waals surface area contributed by atoms with Crippen LogP contribution < -0.4 is 4.72 Å². The molecule has 0 aliphatic rings. The lowest BCUT2D eigenvalue weighted by molar-refractivity contribution is 0.600. The number of pyridine rings is 1. The molecular weight excluding hydrogens is 460 g/mol. The smallest absolute Gasteiger partial charge is 0.264 e. The number of benzene rings is 1. The molecule has 1 N–H and O–H groups in total. The minimum Gasteiger partial charge on any atom is -0.265 e. The maximum absolute atomic E-state index is 12.5. The first kappa shape index (κ1) is 17.1. The summed E-state index contributed by atoms with van der Waals surface area (Å²) in [4.78, 5) is 4.35. The molecule has 2 heterocycles. The van der Waals surface area contributed by atoms with Gasteiger partial charge in [0.15, 0.2) is 5.82 Å². The fourth-order valence-electron chi connectivity index (χ4n) is 2.04. The number of nitrogens with one attached hydrogen (secondary N) is 1. The van der Waals surface area contributed by atoms with Crippen molar-refractivity contribution >= 4 is 47.7 Å². The van der Waals surface area contributed by atoms with Crippen molar-refractivity contribution in [2.45, 2.75) is 11.4 Å². The van der Waals surface area contributed by atoms with Crippen LogP contribution in [0.25, 0.3) is 0 Å². The summed E-state index contributed by atoms with van der Waals surface area (Å²) < 4.78 is 30.3. The molecule has 0 bridgehead atoms. The highest BCUT2D eigenvalue weighted by atomic mass is 79.9. The van der Waals surface area contributed by atoms with E-state index in [4.69, 9.17) is 0 Å². The standard InChI is InChI=1S/C15H12Br2N4O2S/c16-11-4-5-13(17)14(9-11)24(22,23)20-15-6-8-21(19-15)10-12-3-1-2-7-18-12/h1-9H,10H2,(H,19,20). The van der Waals surface area contributed by atoms with Crippen molar-refractivity contribution in [3.05, 3.63) is 69.5 Å². The zero-order valence-electron chi connectivity index (χ0n) is 12.2. The van der Waals surface area contributed by atoms with Gasteiger partial charge in [0.1, 0.15) is 4.90 Å². The van der Waals surface area contributed by atoms with E-state index in [9.17, 15) is 8.42 Å². The van der Waals surface area contributed by atoms with Crippen LogP contribution in [-0.2, 0) is 16.6 Å². The van der Waals surface area contributed by atoms with Crippen molar-refractivity contribution < 1.29 is 8.42 Å². The van der Waals surface area contributed by atoms with Gasteiger partial charge in [0.25, 0.3) is 10.0 Å². The van der Waals surface area contributed by atoms with Crippen molar-refractivity contribution in [3.63, 3.8) is 0 Å². The third-order valence-electron chi connectivity index (χ3n) is 3.11. The third kappa shape index (κ3) is 4.03. The molecule has 9 heteroatoms. The Morgan fingerprint density at radius 1 is 1.12 bits per heavy atom. The average molecular weight is 472 g/mol. The average Bonchev–Trinajstić information content (AvgIpc) is 2.97. The Kier molecular flexibility index (Phi) is 5.02. The van der Waals surface area contributed by atoms with E-state index in [2.05, 4.69) is 46.7 Å². The van der Waals surface area contributed by atoms with E-state index in [0.29, 0.717) is 15.5 Å². The maximum Gasteiger partial charge on any atom is 0.264 e. The van der Waals surface area contributed by atoms with Gasteiger partial charge >= 0.3 is 0 Å². The molecule has 6 nitrogen and oxygen atoms in total. The van der Waals surface area contributed by atoms with E-state index in [1.807, 2.05) is 18.2 Å². The zero-order chi connectivity index (χ0) is 17.2. The van der Waals surface area contributed by atoms with Gasteiger partial charge in [-0.25, -0.2) is 8.42 Å². The fraction of sp³-hybridized carbons (Fsp3) is 0.0667. The second kappa shape index (κ2) is 7.04. The quantitative estimate of drug-likeness (QED) is 0.616. The molecule has 2 aromatic heterocycles. The minimum atomic E-state index is -3.74. The van der Waals surface area contributed by atoms with Crippen LogP contribution in [0.1, 0.15) is 5.69 Å². The van der Waals surface area contributed by atoms with Gasteiger partial charge in [0.2, 0.25) is 0 Å². The molecule has 0 fully saturated rings. The highest BCUT2D eigenvalue weighted by Crippen LogP contribution is 2.27. The van der Waals surface area contributed by atoms with Gasteiger partial charge in [0.05, 0.1) is 12.2 Å². The third-order valence-corrected chi connectivity index (χ3v) is 5.95. The molecule has 3 rings (SSSR count). The van der Waals surface area contributed by atoms with Crippen LogP contribution in [0.5, 0.6) is 0 Å². The Bertz CT molecular complexity index is 959. The summed E-state index contributed by atoms with van der Waals surface area (Å²) in [6.45, 7) is 0.461. The predicted molar refractivity (Wildman–Crippen MR) is 98.2 cm³/mol. The summed E-state index contributed by atoms with van der Waals surface area (Å²) in [5.74, 6) is 0.248. The second-order valence-electron chi connectivity index (χ2n) is 4.90. The molecule has 0 spiro atoms. The van der Waals surface area contributed by atoms with Crippen LogP contribution >= 0.6 is 31.9 Å². The first-order valence-corrected chi connectivity index (χ1v) is 9.92. The Balaban J connectivity index is 1.80. The molecular formula is C15H12Br2N4O2S. The van der Waals surface area contributed by atoms with Crippen molar-refractivity contribution in [1.29, 1.82) is 0 Å². The Morgan fingerprint density at radius 2 is 1.96 bits per heavy atom. The summed E-state index contributed by atoms with van der Waals surface area (Å²) in [7, 11) is -3.74. The Morgan fingerprint density at radius 3 is 2.71 bits per heavy atom. The first-order chi connectivity index (χ1) is 11.4. The number of hydrogen-bond donors (Lipinski definition) is 1. The number of nitrogens with zero attached hydrogens (tertiary/aromatic N) is 3. The van der Waals surface area contributed by atoms with Crippen molar-refractivity contribution in [3.8, 4) is 0 Å². The minimum absolute atomic E-state index is 0.135. The lowest BCUT2D eigenvalue weighted by Gasteiger charge is -2.08. The lowest BCUT2D eigenvalue weighted by Crippen LogP contribution is -2.14. The van der Waals surface area contributed by atoms with E-state index in [1.54, 1.807) is 35.3 Å².